The number of nitrogens with zero attached hydrogens (tertiary/aromatic N) is 3. The Hall–Kier alpha value is -2.26. The highest BCUT2D eigenvalue weighted by Crippen LogP contribution is 2.18. The van der Waals surface area contributed by atoms with Crippen LogP contribution < -0.4 is 5.32 Å². The smallest absolute Gasteiger partial charge is 0.273 e. The minimum absolute atomic E-state index is 0.145. The maximum Gasteiger partial charge on any atom is 0.273 e. The molecular formula is C14H19N5O4. The number of aromatic nitrogens is 4. The second kappa shape index (κ2) is 6.88. The number of carbonyl (C=O) groups excluding carboxylic acids is 1. The van der Waals surface area contributed by atoms with Crippen molar-refractivity contribution in [2.75, 3.05) is 13.2 Å². The molecule has 1 aliphatic heterocycles. The van der Waals surface area contributed by atoms with Crippen LogP contribution in [0, 0.1) is 13.8 Å². The van der Waals surface area contributed by atoms with Crippen molar-refractivity contribution in [2.45, 2.75) is 39.0 Å². The molecule has 1 aliphatic rings. The van der Waals surface area contributed by atoms with E-state index in [0.29, 0.717) is 26.2 Å². The van der Waals surface area contributed by atoms with Crippen LogP contribution in [0.1, 0.15) is 33.9 Å². The first-order valence-corrected chi connectivity index (χ1v) is 7.43. The molecule has 2 aromatic rings. The predicted molar refractivity (Wildman–Crippen MR) is 77.6 cm³/mol. The van der Waals surface area contributed by atoms with Gasteiger partial charge in [-0.25, -0.2) is 0 Å². The van der Waals surface area contributed by atoms with Crippen LogP contribution >= 0.6 is 0 Å². The van der Waals surface area contributed by atoms with Crippen LogP contribution in [-0.4, -0.2) is 51.8 Å². The lowest BCUT2D eigenvalue weighted by molar-refractivity contribution is -0.0739. The van der Waals surface area contributed by atoms with Crippen LogP contribution in [0.5, 0.6) is 0 Å². The number of nitrogens with one attached hydrogen (secondary N) is 2. The summed E-state index contributed by atoms with van der Waals surface area (Å²) in [5.41, 5.74) is 1.99. The van der Waals surface area contributed by atoms with E-state index in [1.807, 2.05) is 13.8 Å². The Morgan fingerprint density at radius 2 is 2.39 bits per heavy atom. The first kappa shape index (κ1) is 15.6. The number of H-pyrrole nitrogens is 1. The normalized spacial score (nSPS) is 21.3. The molecule has 2 atom stereocenters. The average molecular weight is 321 g/mol. The summed E-state index contributed by atoms with van der Waals surface area (Å²) in [6, 6.07) is -0.145. The van der Waals surface area contributed by atoms with Crippen molar-refractivity contribution in [1.82, 2.24) is 25.9 Å². The van der Waals surface area contributed by atoms with Gasteiger partial charge in [0, 0.05) is 12.2 Å². The number of hydrogen-bond acceptors (Lipinski definition) is 7. The predicted octanol–water partition coefficient (Wildman–Crippen LogP) is 0.514. The molecule has 23 heavy (non-hydrogen) atoms. The zero-order chi connectivity index (χ0) is 16.2. The van der Waals surface area contributed by atoms with Gasteiger partial charge in [-0.3, -0.25) is 4.79 Å². The van der Waals surface area contributed by atoms with Crippen LogP contribution in [0.2, 0.25) is 0 Å². The van der Waals surface area contributed by atoms with E-state index < -0.39 is 0 Å². The van der Waals surface area contributed by atoms with Gasteiger partial charge in [-0.1, -0.05) is 5.16 Å². The van der Waals surface area contributed by atoms with Gasteiger partial charge in [-0.2, -0.15) is 15.4 Å². The summed E-state index contributed by atoms with van der Waals surface area (Å²) in [5, 5.41) is 16.7. The van der Waals surface area contributed by atoms with Crippen molar-refractivity contribution in [3.63, 3.8) is 0 Å². The fourth-order valence-corrected chi connectivity index (χ4v) is 2.49. The molecule has 2 aromatic heterocycles. The summed E-state index contributed by atoms with van der Waals surface area (Å²) in [6.45, 7) is 5.09. The molecule has 1 fully saturated rings. The molecule has 0 aliphatic carbocycles. The Kier molecular flexibility index (Phi) is 4.68. The van der Waals surface area contributed by atoms with Gasteiger partial charge in [0.1, 0.15) is 11.9 Å². The molecule has 9 nitrogen and oxygen atoms in total. The second-order valence-electron chi connectivity index (χ2n) is 5.45. The number of aromatic amines is 1. The van der Waals surface area contributed by atoms with E-state index in [-0.39, 0.29) is 23.7 Å². The van der Waals surface area contributed by atoms with Gasteiger partial charge >= 0.3 is 0 Å². The zero-order valence-electron chi connectivity index (χ0n) is 13.0. The molecule has 3 heterocycles. The van der Waals surface area contributed by atoms with Gasteiger partial charge in [0.05, 0.1) is 31.1 Å². The Bertz CT molecular complexity index is 635. The zero-order valence-corrected chi connectivity index (χ0v) is 13.0. The van der Waals surface area contributed by atoms with Crippen LogP contribution in [-0.2, 0) is 16.1 Å². The lowest BCUT2D eigenvalue weighted by Gasteiger charge is -2.31. The number of carbonyl (C=O) groups is 1. The molecule has 9 heteroatoms. The molecule has 2 N–H and O–H groups in total. The van der Waals surface area contributed by atoms with Gasteiger partial charge in [0.25, 0.3) is 5.91 Å². The molecule has 0 unspecified atom stereocenters. The van der Waals surface area contributed by atoms with E-state index in [4.69, 9.17) is 14.0 Å². The molecule has 0 aromatic carbocycles. The summed E-state index contributed by atoms with van der Waals surface area (Å²) >= 11 is 0. The molecule has 1 saturated heterocycles. The van der Waals surface area contributed by atoms with Crippen LogP contribution in [0.15, 0.2) is 10.7 Å². The molecular weight excluding hydrogens is 302 g/mol. The van der Waals surface area contributed by atoms with Crippen molar-refractivity contribution < 1.29 is 18.8 Å². The fourth-order valence-electron chi connectivity index (χ4n) is 2.49. The Morgan fingerprint density at radius 1 is 1.52 bits per heavy atom. The third-order valence-corrected chi connectivity index (χ3v) is 3.89. The maximum atomic E-state index is 12.1. The molecule has 3 rings (SSSR count). The lowest BCUT2D eigenvalue weighted by Crippen LogP contribution is -2.50. The highest BCUT2D eigenvalue weighted by atomic mass is 16.5. The van der Waals surface area contributed by atoms with Crippen molar-refractivity contribution in [3.8, 4) is 0 Å². The third kappa shape index (κ3) is 3.57. The minimum Gasteiger partial charge on any atom is -0.379 e. The van der Waals surface area contributed by atoms with E-state index in [9.17, 15) is 4.79 Å². The molecule has 0 spiro atoms. The molecule has 0 bridgehead atoms. The number of hydrogen-bond donors (Lipinski definition) is 2. The molecule has 0 radical (unpaired) electrons. The number of aryl methyl sites for hydroxylation is 2. The molecule has 1 amide bonds. The topological polar surface area (TPSA) is 115 Å². The summed E-state index contributed by atoms with van der Waals surface area (Å²) in [4.78, 5) is 12.1. The van der Waals surface area contributed by atoms with Crippen molar-refractivity contribution in [3.05, 3.63) is 28.9 Å². The van der Waals surface area contributed by atoms with Crippen molar-refractivity contribution in [1.29, 1.82) is 0 Å². The second-order valence-corrected chi connectivity index (χ2v) is 5.45. The number of rotatable bonds is 5. The van der Waals surface area contributed by atoms with E-state index >= 15 is 0 Å². The highest BCUT2D eigenvalue weighted by Gasteiger charge is 2.29. The molecule has 0 saturated carbocycles. The number of ether oxygens (including phenoxy) is 2. The van der Waals surface area contributed by atoms with Gasteiger partial charge in [-0.05, 0) is 20.3 Å². The first-order valence-electron chi connectivity index (χ1n) is 7.43. The molecule has 124 valence electrons. The Balaban J connectivity index is 1.61. The number of amides is 1. The van der Waals surface area contributed by atoms with E-state index in [1.165, 1.54) is 6.20 Å². The summed E-state index contributed by atoms with van der Waals surface area (Å²) < 4.78 is 16.5. The van der Waals surface area contributed by atoms with Crippen LogP contribution in [0.3, 0.4) is 0 Å². The maximum absolute atomic E-state index is 12.1. The minimum atomic E-state index is -0.281. The Labute approximate surface area is 132 Å². The van der Waals surface area contributed by atoms with Gasteiger partial charge in [0.2, 0.25) is 0 Å². The van der Waals surface area contributed by atoms with E-state index in [2.05, 4.69) is 25.9 Å². The lowest BCUT2D eigenvalue weighted by atomic mass is 10.1. The van der Waals surface area contributed by atoms with Crippen LogP contribution in [0.4, 0.5) is 0 Å². The standard InChI is InChI=1S/C14H19N5O4/c1-8-10(9(2)23-18-8)6-22-13-7-21-4-3-11(13)16-14(20)12-5-15-19-17-12/h5,11,13H,3-4,6-7H2,1-2H3,(H,16,20)(H,15,17,19)/t11-,13-/m1/s1. The van der Waals surface area contributed by atoms with Gasteiger partial charge in [0.15, 0.2) is 5.69 Å². The van der Waals surface area contributed by atoms with Gasteiger partial charge < -0.3 is 19.3 Å². The fraction of sp³-hybridized carbons (Fsp3) is 0.571. The summed E-state index contributed by atoms with van der Waals surface area (Å²) in [6.07, 6.45) is 1.82. The Morgan fingerprint density at radius 3 is 3.09 bits per heavy atom. The summed E-state index contributed by atoms with van der Waals surface area (Å²) in [5.74, 6) is 0.457. The first-order chi connectivity index (χ1) is 11.1. The monoisotopic (exact) mass is 321 g/mol. The highest BCUT2D eigenvalue weighted by molar-refractivity contribution is 5.92. The quantitative estimate of drug-likeness (QED) is 0.824. The SMILES string of the molecule is Cc1noc(C)c1CO[C@@H]1COCC[C@H]1NC(=O)c1cn[nH]n1. The van der Waals surface area contributed by atoms with Crippen LogP contribution in [0.25, 0.3) is 0 Å². The van der Waals surface area contributed by atoms with E-state index in [1.54, 1.807) is 0 Å². The van der Waals surface area contributed by atoms with Crippen molar-refractivity contribution >= 4 is 5.91 Å². The summed E-state index contributed by atoms with van der Waals surface area (Å²) in [7, 11) is 0. The van der Waals surface area contributed by atoms with E-state index in [0.717, 1.165) is 17.0 Å². The largest absolute Gasteiger partial charge is 0.379 e. The van der Waals surface area contributed by atoms with Crippen molar-refractivity contribution in [2.24, 2.45) is 0 Å². The third-order valence-electron chi connectivity index (χ3n) is 3.89. The van der Waals surface area contributed by atoms with Gasteiger partial charge in [-0.15, -0.1) is 0 Å². The average Bonchev–Trinajstić information content (AvgIpc) is 3.18.